The van der Waals surface area contributed by atoms with E-state index in [0.29, 0.717) is 5.69 Å². The van der Waals surface area contributed by atoms with Gasteiger partial charge in [0.15, 0.2) is 5.84 Å². The Morgan fingerprint density at radius 3 is 2.71 bits per heavy atom. The van der Waals surface area contributed by atoms with Crippen LogP contribution in [-0.2, 0) is 0 Å². The molecule has 0 saturated carbocycles. The molecule has 0 aromatic heterocycles. The van der Waals surface area contributed by atoms with Crippen LogP contribution in [0, 0.1) is 5.82 Å². The van der Waals surface area contributed by atoms with Gasteiger partial charge in [0.1, 0.15) is 5.82 Å². The molecule has 1 rings (SSSR count). The summed E-state index contributed by atoms with van der Waals surface area (Å²) in [5, 5.41) is 13.7. The third-order valence-corrected chi connectivity index (χ3v) is 2.01. The highest BCUT2D eigenvalue weighted by Gasteiger charge is 2.10. The van der Waals surface area contributed by atoms with Gasteiger partial charge in [0, 0.05) is 19.8 Å². The molecule has 0 fully saturated rings. The number of hydrogen-bond acceptors (Lipinski definition) is 3. The van der Waals surface area contributed by atoms with E-state index < -0.39 is 5.82 Å². The number of anilines is 1. The molecule has 0 aliphatic rings. The molecule has 0 aliphatic heterocycles. The molecule has 0 atom stereocenters. The zero-order valence-corrected chi connectivity index (χ0v) is 9.44. The quantitative estimate of drug-likeness (QED) is 0.312. The van der Waals surface area contributed by atoms with Crippen molar-refractivity contribution < 1.29 is 14.4 Å². The van der Waals surface area contributed by atoms with Crippen molar-refractivity contribution in [1.82, 2.24) is 4.90 Å². The molecule has 4 N–H and O–H groups in total. The molecule has 1 aromatic carbocycles. The van der Waals surface area contributed by atoms with Crippen LogP contribution in [0.3, 0.4) is 0 Å². The van der Waals surface area contributed by atoms with Gasteiger partial charge in [0.2, 0.25) is 0 Å². The summed E-state index contributed by atoms with van der Waals surface area (Å²) in [6, 6.07) is 3.43. The maximum atomic E-state index is 13.3. The first-order chi connectivity index (χ1) is 7.95. The number of nitrogens with one attached hydrogen (secondary N) is 1. The SMILES string of the molecule is CN(C)C(=O)Nc1ccc(F)c(C(N)=NO)c1. The van der Waals surface area contributed by atoms with Gasteiger partial charge in [-0.25, -0.2) is 9.18 Å². The van der Waals surface area contributed by atoms with Crippen LogP contribution in [0.15, 0.2) is 23.4 Å². The normalized spacial score (nSPS) is 11.1. The minimum absolute atomic E-state index is 0.0796. The number of urea groups is 1. The number of amides is 2. The number of carbonyl (C=O) groups is 1. The highest BCUT2D eigenvalue weighted by molar-refractivity contribution is 5.99. The zero-order chi connectivity index (χ0) is 13.0. The summed E-state index contributed by atoms with van der Waals surface area (Å²) < 4.78 is 13.3. The predicted molar refractivity (Wildman–Crippen MR) is 61.6 cm³/mol. The van der Waals surface area contributed by atoms with Crippen LogP contribution in [0.2, 0.25) is 0 Å². The van der Waals surface area contributed by atoms with E-state index in [1.165, 1.54) is 17.0 Å². The van der Waals surface area contributed by atoms with Crippen molar-refractivity contribution in [3.05, 3.63) is 29.6 Å². The molecule has 2 amide bonds. The summed E-state index contributed by atoms with van der Waals surface area (Å²) in [7, 11) is 3.15. The van der Waals surface area contributed by atoms with Crippen molar-refractivity contribution in [3.63, 3.8) is 0 Å². The maximum Gasteiger partial charge on any atom is 0.321 e. The van der Waals surface area contributed by atoms with Crippen LogP contribution in [0.25, 0.3) is 0 Å². The minimum Gasteiger partial charge on any atom is -0.409 e. The molecular weight excluding hydrogens is 227 g/mol. The number of carbonyl (C=O) groups excluding carboxylic acids is 1. The third kappa shape index (κ3) is 3.07. The molecule has 0 spiro atoms. The summed E-state index contributed by atoms with van der Waals surface area (Å²) in [5.41, 5.74) is 5.57. The van der Waals surface area contributed by atoms with E-state index in [0.717, 1.165) is 6.07 Å². The fourth-order valence-corrected chi connectivity index (χ4v) is 1.09. The molecule has 92 valence electrons. The topological polar surface area (TPSA) is 91.0 Å². The van der Waals surface area contributed by atoms with Gasteiger partial charge in [-0.2, -0.15) is 0 Å². The first kappa shape index (κ1) is 12.8. The van der Waals surface area contributed by atoms with Crippen LogP contribution in [0.1, 0.15) is 5.56 Å². The van der Waals surface area contributed by atoms with Gasteiger partial charge in [-0.05, 0) is 18.2 Å². The summed E-state index contributed by atoms with van der Waals surface area (Å²) in [6.07, 6.45) is 0. The Balaban J connectivity index is 3.01. The summed E-state index contributed by atoms with van der Waals surface area (Å²) in [5.74, 6) is -0.994. The fourth-order valence-electron chi connectivity index (χ4n) is 1.09. The molecule has 6 nitrogen and oxygen atoms in total. The number of rotatable bonds is 2. The lowest BCUT2D eigenvalue weighted by molar-refractivity contribution is 0.230. The minimum atomic E-state index is -0.636. The molecule has 0 aliphatic carbocycles. The van der Waals surface area contributed by atoms with Crippen LogP contribution in [0.4, 0.5) is 14.9 Å². The monoisotopic (exact) mass is 240 g/mol. The molecule has 0 unspecified atom stereocenters. The third-order valence-electron chi connectivity index (χ3n) is 2.01. The number of hydrogen-bond donors (Lipinski definition) is 3. The van der Waals surface area contributed by atoms with Crippen molar-refractivity contribution in [1.29, 1.82) is 0 Å². The van der Waals surface area contributed by atoms with E-state index in [4.69, 9.17) is 10.9 Å². The van der Waals surface area contributed by atoms with Crippen molar-refractivity contribution >= 4 is 17.6 Å². The zero-order valence-electron chi connectivity index (χ0n) is 9.44. The van der Waals surface area contributed by atoms with Gasteiger partial charge >= 0.3 is 6.03 Å². The number of nitrogens with two attached hydrogens (primary N) is 1. The lowest BCUT2D eigenvalue weighted by Crippen LogP contribution is -2.27. The molecule has 0 bridgehead atoms. The van der Waals surface area contributed by atoms with Crippen molar-refractivity contribution in [3.8, 4) is 0 Å². The van der Waals surface area contributed by atoms with Crippen LogP contribution in [0.5, 0.6) is 0 Å². The number of oxime groups is 1. The highest BCUT2D eigenvalue weighted by Crippen LogP contribution is 2.14. The molecule has 0 heterocycles. The standard InChI is InChI=1S/C10H13FN4O2/c1-15(2)10(16)13-6-3-4-8(11)7(5-6)9(12)14-17/h3-5,17H,1-2H3,(H2,12,14)(H,13,16). The van der Waals surface area contributed by atoms with Crippen molar-refractivity contribution in [2.45, 2.75) is 0 Å². The second-order valence-electron chi connectivity index (χ2n) is 3.50. The van der Waals surface area contributed by atoms with E-state index >= 15 is 0 Å². The van der Waals surface area contributed by atoms with Gasteiger partial charge < -0.3 is 21.2 Å². The second kappa shape index (κ2) is 5.15. The smallest absolute Gasteiger partial charge is 0.321 e. The Kier molecular flexibility index (Phi) is 3.86. The number of nitrogens with zero attached hydrogens (tertiary/aromatic N) is 2. The lowest BCUT2D eigenvalue weighted by Gasteiger charge is -2.12. The van der Waals surface area contributed by atoms with E-state index in [2.05, 4.69) is 10.5 Å². The molecule has 7 heteroatoms. The summed E-state index contributed by atoms with van der Waals surface area (Å²) in [6.45, 7) is 0. The Hall–Kier alpha value is -2.31. The first-order valence-electron chi connectivity index (χ1n) is 4.71. The average molecular weight is 240 g/mol. The number of benzene rings is 1. The molecule has 17 heavy (non-hydrogen) atoms. The number of halogens is 1. The Morgan fingerprint density at radius 2 is 2.18 bits per heavy atom. The Bertz CT molecular complexity index is 460. The predicted octanol–water partition coefficient (Wildman–Crippen LogP) is 1.01. The number of amidine groups is 1. The van der Waals surface area contributed by atoms with Gasteiger partial charge in [-0.3, -0.25) is 0 Å². The second-order valence-corrected chi connectivity index (χ2v) is 3.50. The molecule has 1 aromatic rings. The van der Waals surface area contributed by atoms with Crippen molar-refractivity contribution in [2.24, 2.45) is 10.9 Å². The molecule has 0 radical (unpaired) electrons. The van der Waals surface area contributed by atoms with E-state index in [-0.39, 0.29) is 17.4 Å². The summed E-state index contributed by atoms with van der Waals surface area (Å²) in [4.78, 5) is 12.7. The van der Waals surface area contributed by atoms with E-state index in [1.54, 1.807) is 14.1 Å². The van der Waals surface area contributed by atoms with Crippen LogP contribution >= 0.6 is 0 Å². The highest BCUT2D eigenvalue weighted by atomic mass is 19.1. The lowest BCUT2D eigenvalue weighted by atomic mass is 10.1. The average Bonchev–Trinajstić information content (AvgIpc) is 2.30. The maximum absolute atomic E-state index is 13.3. The Labute approximate surface area is 97.5 Å². The van der Waals surface area contributed by atoms with E-state index in [9.17, 15) is 9.18 Å². The largest absolute Gasteiger partial charge is 0.409 e. The van der Waals surface area contributed by atoms with Crippen molar-refractivity contribution in [2.75, 3.05) is 19.4 Å². The van der Waals surface area contributed by atoms with Gasteiger partial charge in [0.05, 0.1) is 5.56 Å². The van der Waals surface area contributed by atoms with Gasteiger partial charge in [-0.1, -0.05) is 5.16 Å². The van der Waals surface area contributed by atoms with Crippen LogP contribution < -0.4 is 11.1 Å². The molecule has 0 saturated heterocycles. The Morgan fingerprint density at radius 1 is 1.53 bits per heavy atom. The fraction of sp³-hybridized carbons (Fsp3) is 0.200. The summed E-state index contributed by atoms with van der Waals surface area (Å²) >= 11 is 0. The van der Waals surface area contributed by atoms with Gasteiger partial charge in [0.25, 0.3) is 0 Å². The first-order valence-corrected chi connectivity index (χ1v) is 4.71. The molecular formula is C10H13FN4O2. The van der Waals surface area contributed by atoms with E-state index in [1.807, 2.05) is 0 Å². The van der Waals surface area contributed by atoms with Crippen LogP contribution in [-0.4, -0.2) is 36.1 Å². The van der Waals surface area contributed by atoms with Gasteiger partial charge in [-0.15, -0.1) is 0 Å².